The molecule has 0 aromatic heterocycles. The maximum Gasteiger partial charge on any atom is 0.409 e. The number of piperidine rings is 2. The molecule has 0 radical (unpaired) electrons. The van der Waals surface area contributed by atoms with Crippen molar-refractivity contribution in [3.63, 3.8) is 0 Å². The van der Waals surface area contributed by atoms with Crippen molar-refractivity contribution < 1.29 is 44.3 Å². The number of nitrogens with zero attached hydrogens (tertiary/aromatic N) is 1. The standard InChI is InChI=1S/C14H19NO5S.C12H17NO3S.C2H3ClO2/c1-11-3-5-13(6-4-11)21(17,18)20-12-7-9-15(10-8-12)14(16)19-2;1-10-2-4-12(5-3-10)17(14,15)16-11-6-8-13-9-7-11;1-5-2(3)4/h3-6,12H,7-10H2,1-2H3;2-5,11,13H,6-9H2,1H3;1H3. The van der Waals surface area contributed by atoms with Crippen LogP contribution in [0.3, 0.4) is 0 Å². The average Bonchev–Trinajstić information content (AvgIpc) is 2.98. The number of nitrogens with one attached hydrogen (secondary N) is 1. The fourth-order valence-electron chi connectivity index (χ4n) is 4.03. The first-order valence-corrected chi connectivity index (χ1v) is 16.7. The first-order chi connectivity index (χ1) is 20.3. The van der Waals surface area contributed by atoms with E-state index in [0.29, 0.717) is 25.9 Å². The number of amides is 1. The number of carbonyl (C=O) groups is 2. The number of methoxy groups -OCH3 is 2. The Morgan fingerprint density at radius 3 is 1.44 bits per heavy atom. The molecular weight excluding hydrogens is 624 g/mol. The lowest BCUT2D eigenvalue weighted by Gasteiger charge is -2.30. The van der Waals surface area contributed by atoms with Gasteiger partial charge < -0.3 is 19.7 Å². The highest BCUT2D eigenvalue weighted by Crippen LogP contribution is 2.21. The molecule has 0 spiro atoms. The van der Waals surface area contributed by atoms with Gasteiger partial charge in [-0.2, -0.15) is 16.8 Å². The number of likely N-dealkylation sites (tertiary alicyclic amines) is 1. The summed E-state index contributed by atoms with van der Waals surface area (Å²) in [7, 11) is -4.82. The van der Waals surface area contributed by atoms with Crippen LogP contribution in [-0.2, 0) is 38.1 Å². The molecule has 0 atom stereocenters. The van der Waals surface area contributed by atoms with Crippen LogP contribution in [0.15, 0.2) is 58.3 Å². The second-order valence-electron chi connectivity index (χ2n) is 9.77. The third-order valence-electron chi connectivity index (χ3n) is 6.47. The Kier molecular flexibility index (Phi) is 14.8. The molecule has 1 amide bonds. The minimum Gasteiger partial charge on any atom is -0.457 e. The Balaban J connectivity index is 0.000000264. The van der Waals surface area contributed by atoms with Crippen molar-refractivity contribution in [2.45, 2.75) is 61.5 Å². The second kappa shape index (κ2) is 17.5. The molecule has 12 nitrogen and oxygen atoms in total. The Morgan fingerprint density at radius 2 is 1.09 bits per heavy atom. The van der Waals surface area contributed by atoms with Crippen molar-refractivity contribution in [2.75, 3.05) is 40.4 Å². The van der Waals surface area contributed by atoms with Crippen LogP contribution in [-0.4, -0.2) is 85.9 Å². The Hall–Kier alpha value is -2.75. The average molecular weight is 663 g/mol. The van der Waals surface area contributed by atoms with Crippen molar-refractivity contribution >= 4 is 43.4 Å². The summed E-state index contributed by atoms with van der Waals surface area (Å²) in [6, 6.07) is 13.3. The van der Waals surface area contributed by atoms with Crippen LogP contribution in [0.4, 0.5) is 9.59 Å². The Labute approximate surface area is 258 Å². The van der Waals surface area contributed by atoms with E-state index in [2.05, 4.69) is 26.4 Å². The van der Waals surface area contributed by atoms with Gasteiger partial charge >= 0.3 is 11.5 Å². The molecule has 43 heavy (non-hydrogen) atoms. The lowest BCUT2D eigenvalue weighted by atomic mass is 10.1. The number of hydrogen-bond donors (Lipinski definition) is 1. The number of benzene rings is 2. The second-order valence-corrected chi connectivity index (χ2v) is 13.2. The van der Waals surface area contributed by atoms with Crippen LogP contribution in [0.1, 0.15) is 36.8 Å². The minimum atomic E-state index is -3.75. The van der Waals surface area contributed by atoms with E-state index in [1.165, 1.54) is 26.4 Å². The molecule has 240 valence electrons. The smallest absolute Gasteiger partial charge is 0.409 e. The number of hydrogen-bond acceptors (Lipinski definition) is 11. The third kappa shape index (κ3) is 12.8. The molecule has 0 bridgehead atoms. The summed E-state index contributed by atoms with van der Waals surface area (Å²) in [4.78, 5) is 22.6. The quantitative estimate of drug-likeness (QED) is 0.346. The van der Waals surface area contributed by atoms with E-state index < -0.39 is 37.9 Å². The summed E-state index contributed by atoms with van der Waals surface area (Å²) >= 11 is 4.60. The van der Waals surface area contributed by atoms with Gasteiger partial charge in [-0.3, -0.25) is 8.37 Å². The molecule has 2 heterocycles. The number of aryl methyl sites for hydroxylation is 2. The monoisotopic (exact) mass is 662 g/mol. The predicted molar refractivity (Wildman–Crippen MR) is 160 cm³/mol. The van der Waals surface area contributed by atoms with E-state index in [4.69, 9.17) is 8.37 Å². The molecule has 2 aromatic rings. The van der Waals surface area contributed by atoms with E-state index in [0.717, 1.165) is 37.1 Å². The Bertz CT molecular complexity index is 1370. The van der Waals surface area contributed by atoms with E-state index in [-0.39, 0.29) is 15.9 Å². The number of rotatable bonds is 6. The molecule has 2 saturated heterocycles. The topological polar surface area (TPSA) is 155 Å². The highest BCUT2D eigenvalue weighted by Gasteiger charge is 2.28. The molecule has 4 rings (SSSR count). The van der Waals surface area contributed by atoms with Crippen LogP contribution < -0.4 is 5.32 Å². The predicted octanol–water partition coefficient (Wildman–Crippen LogP) is 4.38. The summed E-state index contributed by atoms with van der Waals surface area (Å²) < 4.78 is 67.3. The molecular formula is C28H39ClN2O10S2. The third-order valence-corrected chi connectivity index (χ3v) is 9.37. The van der Waals surface area contributed by atoms with Crippen molar-refractivity contribution in [3.8, 4) is 0 Å². The van der Waals surface area contributed by atoms with Crippen molar-refractivity contribution in [2.24, 2.45) is 0 Å². The van der Waals surface area contributed by atoms with Crippen LogP contribution in [0, 0.1) is 13.8 Å². The zero-order chi connectivity index (χ0) is 32.0. The molecule has 0 saturated carbocycles. The maximum atomic E-state index is 12.2. The van der Waals surface area contributed by atoms with Gasteiger partial charge in [-0.25, -0.2) is 9.59 Å². The highest BCUT2D eigenvalue weighted by molar-refractivity contribution is 7.87. The van der Waals surface area contributed by atoms with E-state index in [9.17, 15) is 26.4 Å². The molecule has 0 aliphatic carbocycles. The first kappa shape index (κ1) is 36.4. The number of ether oxygens (including phenoxy) is 2. The zero-order valence-corrected chi connectivity index (χ0v) is 27.0. The van der Waals surface area contributed by atoms with Crippen molar-refractivity contribution in [1.29, 1.82) is 0 Å². The van der Waals surface area contributed by atoms with E-state index in [1.807, 2.05) is 13.8 Å². The fourth-order valence-corrected chi connectivity index (χ4v) is 6.30. The fraction of sp³-hybridized carbons (Fsp3) is 0.500. The van der Waals surface area contributed by atoms with Gasteiger partial charge in [0, 0.05) is 24.7 Å². The zero-order valence-electron chi connectivity index (χ0n) is 24.7. The van der Waals surface area contributed by atoms with Crippen LogP contribution >= 0.6 is 11.6 Å². The minimum absolute atomic E-state index is 0.156. The summed E-state index contributed by atoms with van der Waals surface area (Å²) in [6.07, 6.45) is 1.44. The molecule has 2 aliphatic rings. The molecule has 2 aromatic carbocycles. The maximum absolute atomic E-state index is 12.2. The van der Waals surface area contributed by atoms with E-state index in [1.54, 1.807) is 41.3 Å². The Morgan fingerprint density at radius 1 is 0.721 bits per heavy atom. The molecule has 0 unspecified atom stereocenters. The molecule has 15 heteroatoms. The van der Waals surface area contributed by atoms with Gasteiger partial charge in [0.1, 0.15) is 0 Å². The van der Waals surface area contributed by atoms with Gasteiger partial charge in [0.25, 0.3) is 20.2 Å². The lowest BCUT2D eigenvalue weighted by Crippen LogP contribution is -2.41. The van der Waals surface area contributed by atoms with Gasteiger partial charge in [-0.05, 0) is 76.9 Å². The van der Waals surface area contributed by atoms with Gasteiger partial charge in [0.2, 0.25) is 0 Å². The van der Waals surface area contributed by atoms with Gasteiger partial charge in [-0.15, -0.1) is 0 Å². The first-order valence-electron chi connectivity index (χ1n) is 13.5. The largest absolute Gasteiger partial charge is 0.457 e. The van der Waals surface area contributed by atoms with Crippen molar-refractivity contribution in [3.05, 3.63) is 59.7 Å². The van der Waals surface area contributed by atoms with Gasteiger partial charge in [0.15, 0.2) is 0 Å². The highest BCUT2D eigenvalue weighted by atomic mass is 35.5. The molecule has 2 fully saturated rings. The number of halogens is 1. The van der Waals surface area contributed by atoms with Crippen molar-refractivity contribution in [1.82, 2.24) is 10.2 Å². The summed E-state index contributed by atoms with van der Waals surface area (Å²) in [6.45, 7) is 6.30. The van der Waals surface area contributed by atoms with E-state index >= 15 is 0 Å². The summed E-state index contributed by atoms with van der Waals surface area (Å²) in [5.74, 6) is 0. The summed E-state index contributed by atoms with van der Waals surface area (Å²) in [5, 5.41) is 3.17. The number of carbonyl (C=O) groups excluding carboxylic acids is 2. The molecule has 2 aliphatic heterocycles. The van der Waals surface area contributed by atoms with Gasteiger partial charge in [0.05, 0.1) is 36.2 Å². The molecule has 1 N–H and O–H groups in total. The van der Waals surface area contributed by atoms with Crippen LogP contribution in [0.5, 0.6) is 0 Å². The SMILES string of the molecule is COC(=O)Cl.COC(=O)N1CCC(OS(=O)(=O)c2ccc(C)cc2)CC1.Cc1ccc(S(=O)(=O)OC2CCNCC2)cc1. The van der Waals surface area contributed by atoms with Gasteiger partial charge in [-0.1, -0.05) is 35.4 Å². The normalized spacial score (nSPS) is 16.2. The lowest BCUT2D eigenvalue weighted by molar-refractivity contribution is 0.0818. The summed E-state index contributed by atoms with van der Waals surface area (Å²) in [5.41, 5.74) is 1.25. The van der Waals surface area contributed by atoms with Crippen LogP contribution in [0.2, 0.25) is 0 Å². The van der Waals surface area contributed by atoms with Crippen LogP contribution in [0.25, 0.3) is 0 Å².